The fraction of sp³-hybridized carbons (Fsp3) is 0.857. The van der Waals surface area contributed by atoms with E-state index in [0.29, 0.717) is 19.6 Å². The number of rotatable bonds is 7. The molecule has 3 N–H and O–H groups in total. The van der Waals surface area contributed by atoms with Gasteiger partial charge in [0.25, 0.3) is 0 Å². The van der Waals surface area contributed by atoms with Crippen molar-refractivity contribution in [3.63, 3.8) is 0 Å². The van der Waals surface area contributed by atoms with E-state index in [9.17, 15) is 9.59 Å². The Morgan fingerprint density at radius 3 is 2.70 bits per heavy atom. The van der Waals surface area contributed by atoms with Gasteiger partial charge >= 0.3 is 0 Å². The van der Waals surface area contributed by atoms with Crippen molar-refractivity contribution in [2.24, 2.45) is 11.1 Å². The fourth-order valence-electron chi connectivity index (χ4n) is 2.36. The highest BCUT2D eigenvalue weighted by Crippen LogP contribution is 2.28. The standard InChI is InChI=1S/C14H28N4O2/c1-4-6-16-12(19)8-17(3)13(20)9-18-7-5-14(2,10-15)11-18/h4-11,15H2,1-3H3,(H,16,19). The van der Waals surface area contributed by atoms with E-state index >= 15 is 0 Å². The molecule has 1 aliphatic rings. The largest absolute Gasteiger partial charge is 0.355 e. The lowest BCUT2D eigenvalue weighted by atomic mass is 9.90. The maximum Gasteiger partial charge on any atom is 0.239 e. The molecule has 0 aliphatic carbocycles. The summed E-state index contributed by atoms with van der Waals surface area (Å²) in [6, 6.07) is 0. The summed E-state index contributed by atoms with van der Waals surface area (Å²) >= 11 is 0. The molecule has 1 rings (SSSR count). The monoisotopic (exact) mass is 284 g/mol. The first-order valence-electron chi connectivity index (χ1n) is 7.33. The van der Waals surface area contributed by atoms with Crippen LogP contribution in [0.5, 0.6) is 0 Å². The molecule has 20 heavy (non-hydrogen) atoms. The third kappa shape index (κ3) is 5.09. The van der Waals surface area contributed by atoms with Gasteiger partial charge in [0.15, 0.2) is 0 Å². The topological polar surface area (TPSA) is 78.7 Å². The van der Waals surface area contributed by atoms with Crippen LogP contribution in [0.1, 0.15) is 26.7 Å². The highest BCUT2D eigenvalue weighted by molar-refractivity contribution is 5.85. The van der Waals surface area contributed by atoms with Gasteiger partial charge in [0.05, 0.1) is 13.1 Å². The van der Waals surface area contributed by atoms with E-state index in [1.54, 1.807) is 7.05 Å². The summed E-state index contributed by atoms with van der Waals surface area (Å²) in [4.78, 5) is 27.3. The van der Waals surface area contributed by atoms with Crippen molar-refractivity contribution in [2.45, 2.75) is 26.7 Å². The smallest absolute Gasteiger partial charge is 0.239 e. The van der Waals surface area contributed by atoms with Crippen molar-refractivity contribution >= 4 is 11.8 Å². The van der Waals surface area contributed by atoms with Gasteiger partial charge in [0.2, 0.25) is 11.8 Å². The van der Waals surface area contributed by atoms with Crippen LogP contribution < -0.4 is 11.1 Å². The lowest BCUT2D eigenvalue weighted by molar-refractivity contribution is -0.135. The normalized spacial score (nSPS) is 22.8. The van der Waals surface area contributed by atoms with Crippen LogP contribution >= 0.6 is 0 Å². The van der Waals surface area contributed by atoms with E-state index in [-0.39, 0.29) is 23.8 Å². The minimum Gasteiger partial charge on any atom is -0.355 e. The molecule has 1 saturated heterocycles. The minimum atomic E-state index is -0.101. The molecule has 116 valence electrons. The highest BCUT2D eigenvalue weighted by Gasteiger charge is 2.33. The highest BCUT2D eigenvalue weighted by atomic mass is 16.2. The van der Waals surface area contributed by atoms with E-state index in [1.165, 1.54) is 4.90 Å². The fourth-order valence-corrected chi connectivity index (χ4v) is 2.36. The van der Waals surface area contributed by atoms with Gasteiger partial charge in [-0.15, -0.1) is 0 Å². The van der Waals surface area contributed by atoms with Crippen molar-refractivity contribution in [2.75, 3.05) is 46.3 Å². The van der Waals surface area contributed by atoms with Gasteiger partial charge in [0.1, 0.15) is 0 Å². The van der Waals surface area contributed by atoms with Crippen molar-refractivity contribution < 1.29 is 9.59 Å². The number of hydrogen-bond donors (Lipinski definition) is 2. The SMILES string of the molecule is CCCNC(=O)CN(C)C(=O)CN1CCC(C)(CN)C1. The average Bonchev–Trinajstić information content (AvgIpc) is 2.78. The molecule has 1 unspecified atom stereocenters. The Morgan fingerprint density at radius 2 is 2.15 bits per heavy atom. The van der Waals surface area contributed by atoms with Gasteiger partial charge in [0, 0.05) is 20.1 Å². The Kier molecular flexibility index (Phi) is 6.42. The quantitative estimate of drug-likeness (QED) is 0.669. The van der Waals surface area contributed by atoms with Gasteiger partial charge in [-0.05, 0) is 31.3 Å². The number of nitrogens with two attached hydrogens (primary N) is 1. The van der Waals surface area contributed by atoms with Gasteiger partial charge in [-0.2, -0.15) is 0 Å². The summed E-state index contributed by atoms with van der Waals surface area (Å²) in [5.74, 6) is -0.117. The van der Waals surface area contributed by atoms with Crippen LogP contribution in [0, 0.1) is 5.41 Å². The molecule has 0 aromatic heterocycles. The molecule has 6 nitrogen and oxygen atoms in total. The van der Waals surface area contributed by atoms with Gasteiger partial charge in [-0.1, -0.05) is 13.8 Å². The van der Waals surface area contributed by atoms with Crippen LogP contribution in [0.25, 0.3) is 0 Å². The van der Waals surface area contributed by atoms with Crippen molar-refractivity contribution in [1.82, 2.24) is 15.1 Å². The summed E-state index contributed by atoms with van der Waals surface area (Å²) < 4.78 is 0. The first kappa shape index (κ1) is 16.9. The summed E-state index contributed by atoms with van der Waals surface area (Å²) in [6.07, 6.45) is 1.92. The van der Waals surface area contributed by atoms with Crippen molar-refractivity contribution in [1.29, 1.82) is 0 Å². The van der Waals surface area contributed by atoms with E-state index in [4.69, 9.17) is 5.73 Å². The molecule has 0 aromatic rings. The van der Waals surface area contributed by atoms with E-state index in [1.807, 2.05) is 6.92 Å². The molecule has 1 heterocycles. The summed E-state index contributed by atoms with van der Waals surface area (Å²) in [5, 5.41) is 2.77. The maximum atomic E-state index is 12.1. The maximum absolute atomic E-state index is 12.1. The number of amides is 2. The van der Waals surface area contributed by atoms with Crippen molar-refractivity contribution in [3.05, 3.63) is 0 Å². The van der Waals surface area contributed by atoms with Crippen LogP contribution in [0.2, 0.25) is 0 Å². The summed E-state index contributed by atoms with van der Waals surface area (Å²) in [7, 11) is 1.67. The molecule has 0 radical (unpaired) electrons. The van der Waals surface area contributed by atoms with Crippen LogP contribution in [0.4, 0.5) is 0 Å². The lowest BCUT2D eigenvalue weighted by Crippen LogP contribution is -2.43. The lowest BCUT2D eigenvalue weighted by Gasteiger charge is -2.24. The Labute approximate surface area is 121 Å². The predicted molar refractivity (Wildman–Crippen MR) is 79.2 cm³/mol. The Hall–Kier alpha value is -1.14. The zero-order chi connectivity index (χ0) is 15.2. The van der Waals surface area contributed by atoms with E-state index < -0.39 is 0 Å². The van der Waals surface area contributed by atoms with Crippen LogP contribution in [0.15, 0.2) is 0 Å². The number of hydrogen-bond acceptors (Lipinski definition) is 4. The zero-order valence-corrected chi connectivity index (χ0v) is 12.9. The third-order valence-corrected chi connectivity index (χ3v) is 3.87. The number of carbonyl (C=O) groups is 2. The third-order valence-electron chi connectivity index (χ3n) is 3.87. The molecule has 1 atom stereocenters. The molecular weight excluding hydrogens is 256 g/mol. The molecular formula is C14H28N4O2. The first-order valence-corrected chi connectivity index (χ1v) is 7.33. The number of nitrogens with zero attached hydrogens (tertiary/aromatic N) is 2. The van der Waals surface area contributed by atoms with Gasteiger partial charge < -0.3 is 16.0 Å². The molecule has 1 fully saturated rings. The molecule has 0 aromatic carbocycles. The van der Waals surface area contributed by atoms with Gasteiger partial charge in [-0.25, -0.2) is 0 Å². The molecule has 2 amide bonds. The first-order chi connectivity index (χ1) is 9.40. The second-order valence-corrected chi connectivity index (χ2v) is 6.08. The van der Waals surface area contributed by atoms with E-state index in [0.717, 1.165) is 25.9 Å². The molecule has 1 aliphatic heterocycles. The summed E-state index contributed by atoms with van der Waals surface area (Å²) in [6.45, 7) is 7.69. The average molecular weight is 284 g/mol. The van der Waals surface area contributed by atoms with Gasteiger partial charge in [-0.3, -0.25) is 14.5 Å². The molecule has 6 heteroatoms. The van der Waals surface area contributed by atoms with Crippen LogP contribution in [0.3, 0.4) is 0 Å². The van der Waals surface area contributed by atoms with E-state index in [2.05, 4.69) is 17.1 Å². The van der Waals surface area contributed by atoms with Crippen molar-refractivity contribution in [3.8, 4) is 0 Å². The summed E-state index contributed by atoms with van der Waals surface area (Å²) in [5.41, 5.74) is 5.88. The second-order valence-electron chi connectivity index (χ2n) is 6.08. The van der Waals surface area contributed by atoms with Crippen LogP contribution in [-0.4, -0.2) is 67.9 Å². The number of carbonyl (C=O) groups excluding carboxylic acids is 2. The Bertz CT molecular complexity index is 348. The number of nitrogens with one attached hydrogen (secondary N) is 1. The molecule has 0 bridgehead atoms. The minimum absolute atomic E-state index is 0.0158. The van der Waals surface area contributed by atoms with Crippen LogP contribution in [-0.2, 0) is 9.59 Å². The second kappa shape index (κ2) is 7.59. The molecule has 0 spiro atoms. The Morgan fingerprint density at radius 1 is 1.45 bits per heavy atom. The zero-order valence-electron chi connectivity index (χ0n) is 12.9. The number of likely N-dealkylation sites (N-methyl/N-ethyl adjacent to an activating group) is 1. The predicted octanol–water partition coefficient (Wildman–Crippen LogP) is -0.358. The number of likely N-dealkylation sites (tertiary alicyclic amines) is 1. The Balaban J connectivity index is 2.34. The molecule has 0 saturated carbocycles.